The largest absolute Gasteiger partial charge is 0.497 e. The van der Waals surface area contributed by atoms with Crippen LogP contribution in [-0.2, 0) is 4.79 Å². The van der Waals surface area contributed by atoms with Crippen LogP contribution in [0.3, 0.4) is 0 Å². The molecule has 0 saturated heterocycles. The van der Waals surface area contributed by atoms with Gasteiger partial charge in [0.15, 0.2) is 0 Å². The van der Waals surface area contributed by atoms with Gasteiger partial charge in [0, 0.05) is 18.3 Å². The van der Waals surface area contributed by atoms with Crippen LogP contribution in [0.5, 0.6) is 5.75 Å². The highest BCUT2D eigenvalue weighted by molar-refractivity contribution is 7.17. The summed E-state index contributed by atoms with van der Waals surface area (Å²) in [7, 11) is 3.18. The van der Waals surface area contributed by atoms with Crippen molar-refractivity contribution >= 4 is 52.0 Å². The summed E-state index contributed by atoms with van der Waals surface area (Å²) in [5.41, 5.74) is 2.02. The molecule has 3 aromatic rings. The van der Waals surface area contributed by atoms with Crippen molar-refractivity contribution in [3.8, 4) is 16.3 Å². The van der Waals surface area contributed by atoms with Crippen molar-refractivity contribution in [3.05, 3.63) is 63.1 Å². The zero-order chi connectivity index (χ0) is 21.8. The predicted molar refractivity (Wildman–Crippen MR) is 121 cm³/mol. The number of aromatic nitrogens is 1. The zero-order valence-electron chi connectivity index (χ0n) is 16.5. The number of carbonyl (C=O) groups excluding carboxylic acids is 2. The van der Waals surface area contributed by atoms with E-state index in [2.05, 4.69) is 10.3 Å². The Kier molecular flexibility index (Phi) is 6.97. The van der Waals surface area contributed by atoms with Gasteiger partial charge in [-0.25, -0.2) is 4.98 Å². The minimum atomic E-state index is -0.346. The van der Waals surface area contributed by atoms with Crippen molar-refractivity contribution < 1.29 is 14.3 Å². The van der Waals surface area contributed by atoms with E-state index in [1.54, 1.807) is 39.3 Å². The number of rotatable bonds is 6. The first-order chi connectivity index (χ1) is 14.3. The van der Waals surface area contributed by atoms with Crippen LogP contribution >= 0.6 is 34.5 Å². The average Bonchev–Trinajstić information content (AvgIpc) is 3.11. The number of halogens is 2. The van der Waals surface area contributed by atoms with Crippen molar-refractivity contribution in [2.75, 3.05) is 26.0 Å². The Hall–Kier alpha value is -2.61. The van der Waals surface area contributed by atoms with Crippen LogP contribution in [0, 0.1) is 6.92 Å². The number of nitrogens with zero attached hydrogens (tertiary/aromatic N) is 2. The summed E-state index contributed by atoms with van der Waals surface area (Å²) in [6.07, 6.45) is 0. The Morgan fingerprint density at radius 2 is 1.83 bits per heavy atom. The molecule has 0 aliphatic carbocycles. The van der Waals surface area contributed by atoms with Gasteiger partial charge in [0.1, 0.15) is 15.6 Å². The fourth-order valence-corrected chi connectivity index (χ4v) is 4.05. The fraction of sp³-hybridized carbons (Fsp3) is 0.190. The van der Waals surface area contributed by atoms with E-state index in [1.807, 2.05) is 24.3 Å². The van der Waals surface area contributed by atoms with Crippen molar-refractivity contribution in [2.24, 2.45) is 0 Å². The number of methoxy groups -OCH3 is 1. The monoisotopic (exact) mass is 463 g/mol. The molecule has 1 aromatic heterocycles. The molecule has 6 nitrogen and oxygen atoms in total. The van der Waals surface area contributed by atoms with Crippen LogP contribution < -0.4 is 10.1 Å². The van der Waals surface area contributed by atoms with E-state index in [1.165, 1.54) is 16.2 Å². The summed E-state index contributed by atoms with van der Waals surface area (Å²) in [5, 5.41) is 4.17. The lowest BCUT2D eigenvalue weighted by molar-refractivity contribution is -0.116. The summed E-state index contributed by atoms with van der Waals surface area (Å²) in [6, 6.07) is 12.2. The Labute approximate surface area is 188 Å². The number of aryl methyl sites for hydroxylation is 1. The van der Waals surface area contributed by atoms with Gasteiger partial charge in [0.25, 0.3) is 5.91 Å². The van der Waals surface area contributed by atoms with Crippen molar-refractivity contribution in [2.45, 2.75) is 6.92 Å². The van der Waals surface area contributed by atoms with Gasteiger partial charge in [-0.1, -0.05) is 23.2 Å². The molecule has 2 amide bonds. The van der Waals surface area contributed by atoms with E-state index in [0.717, 1.165) is 16.3 Å². The normalized spacial score (nSPS) is 10.6. The van der Waals surface area contributed by atoms with Gasteiger partial charge < -0.3 is 15.0 Å². The molecule has 0 atom stereocenters. The molecule has 0 bridgehead atoms. The molecule has 2 aromatic carbocycles. The molecule has 9 heteroatoms. The molecular formula is C21H19Cl2N3O3S. The second kappa shape index (κ2) is 9.47. The van der Waals surface area contributed by atoms with Gasteiger partial charge in [-0.3, -0.25) is 9.59 Å². The van der Waals surface area contributed by atoms with E-state index in [-0.39, 0.29) is 18.4 Å². The summed E-state index contributed by atoms with van der Waals surface area (Å²) in [4.78, 5) is 31.5. The number of likely N-dealkylation sites (N-methyl/N-ethyl adjacent to an activating group) is 1. The van der Waals surface area contributed by atoms with Crippen molar-refractivity contribution in [3.63, 3.8) is 0 Å². The molecule has 3 rings (SSSR count). The van der Waals surface area contributed by atoms with Crippen LogP contribution in [0.15, 0.2) is 42.5 Å². The number of thiazole rings is 1. The molecule has 0 fully saturated rings. The maximum atomic E-state index is 12.9. The smallest absolute Gasteiger partial charge is 0.266 e. The molecule has 0 unspecified atom stereocenters. The number of amides is 2. The quantitative estimate of drug-likeness (QED) is 0.548. The van der Waals surface area contributed by atoms with Gasteiger partial charge in [-0.2, -0.15) is 0 Å². The van der Waals surface area contributed by atoms with Crippen LogP contribution in [-0.4, -0.2) is 42.4 Å². The lowest BCUT2D eigenvalue weighted by Gasteiger charge is -2.16. The second-order valence-electron chi connectivity index (χ2n) is 6.50. The highest BCUT2D eigenvalue weighted by atomic mass is 35.5. The first-order valence-electron chi connectivity index (χ1n) is 8.90. The maximum absolute atomic E-state index is 12.9. The molecular weight excluding hydrogens is 445 g/mol. The van der Waals surface area contributed by atoms with E-state index in [4.69, 9.17) is 27.9 Å². The van der Waals surface area contributed by atoms with Gasteiger partial charge in [-0.05, 0) is 49.4 Å². The minimum absolute atomic E-state index is 0.117. The average molecular weight is 464 g/mol. The van der Waals surface area contributed by atoms with Crippen molar-refractivity contribution in [1.29, 1.82) is 0 Å². The van der Waals surface area contributed by atoms with E-state index < -0.39 is 0 Å². The third-order valence-corrected chi connectivity index (χ3v) is 6.19. The fourth-order valence-electron chi connectivity index (χ4n) is 2.69. The molecule has 0 spiro atoms. The minimum Gasteiger partial charge on any atom is -0.497 e. The third-order valence-electron chi connectivity index (χ3n) is 4.26. The highest BCUT2D eigenvalue weighted by Crippen LogP contribution is 2.30. The highest BCUT2D eigenvalue weighted by Gasteiger charge is 2.21. The second-order valence-corrected chi connectivity index (χ2v) is 8.31. The number of nitrogens with one attached hydrogen (secondary N) is 1. The lowest BCUT2D eigenvalue weighted by atomic mass is 10.2. The van der Waals surface area contributed by atoms with Crippen LogP contribution in [0.1, 0.15) is 15.4 Å². The Balaban J connectivity index is 1.68. The predicted octanol–water partition coefficient (Wildman–Crippen LogP) is 5.14. The van der Waals surface area contributed by atoms with Crippen molar-refractivity contribution in [1.82, 2.24) is 9.88 Å². The molecule has 1 N–H and O–H groups in total. The Bertz CT molecular complexity index is 1080. The third kappa shape index (κ3) is 5.11. The van der Waals surface area contributed by atoms with E-state index >= 15 is 0 Å². The molecule has 0 saturated carbocycles. The molecule has 0 radical (unpaired) electrons. The number of hydrogen-bond acceptors (Lipinski definition) is 5. The van der Waals surface area contributed by atoms with Crippen LogP contribution in [0.2, 0.25) is 10.0 Å². The first-order valence-corrected chi connectivity index (χ1v) is 10.5. The number of benzene rings is 2. The summed E-state index contributed by atoms with van der Waals surface area (Å²) in [6.45, 7) is 1.66. The molecule has 0 aliphatic heterocycles. The summed E-state index contributed by atoms with van der Waals surface area (Å²) < 4.78 is 5.17. The molecule has 156 valence electrons. The van der Waals surface area contributed by atoms with Crippen LogP contribution in [0.25, 0.3) is 10.6 Å². The number of ether oxygens (including phenoxy) is 1. The van der Waals surface area contributed by atoms with Crippen LogP contribution in [0.4, 0.5) is 5.69 Å². The SMILES string of the molecule is COc1ccc(-c2nc(C)c(C(=O)N(C)CC(=O)Nc3ccc(Cl)c(Cl)c3)s2)cc1. The lowest BCUT2D eigenvalue weighted by Crippen LogP contribution is -2.34. The number of anilines is 1. The summed E-state index contributed by atoms with van der Waals surface area (Å²) in [5.74, 6) is 0.131. The van der Waals surface area contributed by atoms with Gasteiger partial charge in [0.2, 0.25) is 5.91 Å². The zero-order valence-corrected chi connectivity index (χ0v) is 18.9. The van der Waals surface area contributed by atoms with E-state index in [0.29, 0.717) is 26.3 Å². The maximum Gasteiger partial charge on any atom is 0.266 e. The molecule has 30 heavy (non-hydrogen) atoms. The van der Waals surface area contributed by atoms with E-state index in [9.17, 15) is 9.59 Å². The Morgan fingerprint density at radius 1 is 1.13 bits per heavy atom. The number of hydrogen-bond donors (Lipinski definition) is 1. The Morgan fingerprint density at radius 3 is 2.47 bits per heavy atom. The standard InChI is InChI=1S/C21H19Cl2N3O3S/c1-12-19(30-20(24-12)13-4-7-15(29-3)8-5-13)21(28)26(2)11-18(27)25-14-6-9-16(22)17(23)10-14/h4-10H,11H2,1-3H3,(H,25,27). The van der Waals surface area contributed by atoms with Gasteiger partial charge in [-0.15, -0.1) is 11.3 Å². The topological polar surface area (TPSA) is 71.5 Å². The van der Waals surface area contributed by atoms with Gasteiger partial charge >= 0.3 is 0 Å². The molecule has 0 aliphatic rings. The van der Waals surface area contributed by atoms with Gasteiger partial charge in [0.05, 0.1) is 29.4 Å². The number of carbonyl (C=O) groups is 2. The first kappa shape index (κ1) is 22.1. The molecule has 1 heterocycles. The summed E-state index contributed by atoms with van der Waals surface area (Å²) >= 11 is 13.1.